The number of nitrogens with zero attached hydrogens (tertiary/aromatic N) is 1. The Morgan fingerprint density at radius 1 is 0.771 bits per heavy atom. The first-order chi connectivity index (χ1) is 16.8. The van der Waals surface area contributed by atoms with Gasteiger partial charge >= 0.3 is 0 Å². The van der Waals surface area contributed by atoms with E-state index in [1.54, 1.807) is 18.2 Å². The van der Waals surface area contributed by atoms with Crippen LogP contribution in [0.25, 0.3) is 10.9 Å². The molecule has 182 valence electrons. The minimum absolute atomic E-state index is 0.0517. The molecule has 0 fully saturated rings. The molecule has 1 N–H and O–H groups in total. The molecule has 0 amide bonds. The molecular formula is C24H20F2N2O6S. The molecule has 0 spiro atoms. The van der Waals surface area contributed by atoms with Crippen molar-refractivity contribution in [2.24, 2.45) is 0 Å². The first-order valence-electron chi connectivity index (χ1n) is 10.1. The summed E-state index contributed by atoms with van der Waals surface area (Å²) in [7, 11) is 0.0666. The van der Waals surface area contributed by atoms with Crippen LogP contribution in [-0.2, 0) is 10.0 Å². The van der Waals surface area contributed by atoms with Crippen molar-refractivity contribution in [2.45, 2.75) is 4.90 Å². The zero-order chi connectivity index (χ0) is 25.2. The summed E-state index contributed by atoms with van der Waals surface area (Å²) < 4.78 is 77.3. The van der Waals surface area contributed by atoms with Gasteiger partial charge < -0.3 is 18.9 Å². The molecule has 0 atom stereocenters. The van der Waals surface area contributed by atoms with Gasteiger partial charge in [0.1, 0.15) is 11.3 Å². The van der Waals surface area contributed by atoms with E-state index in [0.29, 0.717) is 28.2 Å². The van der Waals surface area contributed by atoms with Gasteiger partial charge in [-0.25, -0.2) is 17.2 Å². The fourth-order valence-corrected chi connectivity index (χ4v) is 4.45. The van der Waals surface area contributed by atoms with Crippen molar-refractivity contribution in [1.82, 2.24) is 4.98 Å². The predicted molar refractivity (Wildman–Crippen MR) is 125 cm³/mol. The highest BCUT2D eigenvalue weighted by Gasteiger charge is 2.19. The number of sulfonamides is 1. The van der Waals surface area contributed by atoms with Gasteiger partial charge in [-0.1, -0.05) is 0 Å². The Morgan fingerprint density at radius 2 is 1.51 bits per heavy atom. The second kappa shape index (κ2) is 9.63. The van der Waals surface area contributed by atoms with E-state index in [-0.39, 0.29) is 22.1 Å². The number of nitrogens with one attached hydrogen (secondary N) is 1. The molecule has 0 aliphatic rings. The van der Waals surface area contributed by atoms with Gasteiger partial charge in [-0.3, -0.25) is 9.71 Å². The molecule has 1 aromatic heterocycles. The van der Waals surface area contributed by atoms with Gasteiger partial charge in [-0.15, -0.1) is 0 Å². The molecule has 11 heteroatoms. The van der Waals surface area contributed by atoms with E-state index in [0.717, 1.165) is 24.3 Å². The third-order valence-electron chi connectivity index (χ3n) is 5.05. The largest absolute Gasteiger partial charge is 0.494 e. The zero-order valence-corrected chi connectivity index (χ0v) is 19.7. The van der Waals surface area contributed by atoms with Crippen molar-refractivity contribution in [3.63, 3.8) is 0 Å². The lowest BCUT2D eigenvalue weighted by atomic mass is 10.1. The van der Waals surface area contributed by atoms with E-state index in [2.05, 4.69) is 9.71 Å². The Morgan fingerprint density at radius 3 is 2.20 bits per heavy atom. The van der Waals surface area contributed by atoms with Crippen LogP contribution in [0.2, 0.25) is 0 Å². The van der Waals surface area contributed by atoms with Crippen molar-refractivity contribution >= 4 is 26.6 Å². The van der Waals surface area contributed by atoms with E-state index in [1.165, 1.54) is 39.7 Å². The maximum Gasteiger partial charge on any atom is 0.262 e. The van der Waals surface area contributed by atoms with Gasteiger partial charge in [-0.2, -0.15) is 0 Å². The third-order valence-corrected chi connectivity index (χ3v) is 6.43. The second-order valence-electron chi connectivity index (χ2n) is 7.16. The van der Waals surface area contributed by atoms with Crippen LogP contribution in [-0.4, -0.2) is 34.7 Å². The lowest BCUT2D eigenvalue weighted by Crippen LogP contribution is -2.13. The molecule has 35 heavy (non-hydrogen) atoms. The molecule has 3 aromatic carbocycles. The standard InChI is InChI=1S/C24H20F2N2O6S/c1-31-21-9-6-16-19(10-11-27-23(16)24(21)33-3)34-20-8-4-14(12-18(20)26)28-35(29,30)15-5-7-17(25)22(13-15)32-2/h4-13,28H,1-3H3. The quantitative estimate of drug-likeness (QED) is 0.357. The van der Waals surface area contributed by atoms with Crippen LogP contribution in [0, 0.1) is 11.6 Å². The Kier molecular flexibility index (Phi) is 6.61. The van der Waals surface area contributed by atoms with E-state index >= 15 is 0 Å². The summed E-state index contributed by atoms with van der Waals surface area (Å²) in [6.07, 6.45) is 1.48. The van der Waals surface area contributed by atoms with E-state index < -0.39 is 21.7 Å². The highest BCUT2D eigenvalue weighted by atomic mass is 32.2. The Bertz CT molecular complexity index is 1510. The fraction of sp³-hybridized carbons (Fsp3) is 0.125. The third kappa shape index (κ3) is 4.76. The number of hydrogen-bond acceptors (Lipinski definition) is 7. The average Bonchev–Trinajstić information content (AvgIpc) is 2.84. The van der Waals surface area contributed by atoms with Crippen LogP contribution in [0.15, 0.2) is 65.7 Å². The molecule has 0 aliphatic heterocycles. The lowest BCUT2D eigenvalue weighted by molar-refractivity contribution is 0.358. The van der Waals surface area contributed by atoms with E-state index in [4.69, 9.17) is 18.9 Å². The predicted octanol–water partition coefficient (Wildman–Crippen LogP) is 5.13. The molecule has 0 radical (unpaired) electrons. The molecule has 0 saturated carbocycles. The smallest absolute Gasteiger partial charge is 0.262 e. The lowest BCUT2D eigenvalue weighted by Gasteiger charge is -2.14. The first kappa shape index (κ1) is 24.0. The summed E-state index contributed by atoms with van der Waals surface area (Å²) in [5.74, 6) is -0.711. The number of benzene rings is 3. The van der Waals surface area contributed by atoms with E-state index in [1.807, 2.05) is 0 Å². The van der Waals surface area contributed by atoms with Gasteiger partial charge in [0.15, 0.2) is 34.6 Å². The van der Waals surface area contributed by atoms with Crippen molar-refractivity contribution in [1.29, 1.82) is 0 Å². The van der Waals surface area contributed by atoms with Crippen LogP contribution in [0.3, 0.4) is 0 Å². The fourth-order valence-electron chi connectivity index (χ4n) is 3.38. The normalized spacial score (nSPS) is 11.2. The van der Waals surface area contributed by atoms with Crippen molar-refractivity contribution in [3.8, 4) is 28.7 Å². The van der Waals surface area contributed by atoms with Gasteiger partial charge in [0.2, 0.25) is 0 Å². The molecule has 0 saturated heterocycles. The average molecular weight is 502 g/mol. The first-order valence-corrected chi connectivity index (χ1v) is 11.6. The number of ether oxygens (including phenoxy) is 4. The minimum atomic E-state index is -4.13. The van der Waals surface area contributed by atoms with Gasteiger partial charge in [0, 0.05) is 23.7 Å². The molecule has 0 bridgehead atoms. The number of pyridine rings is 1. The maximum atomic E-state index is 14.9. The second-order valence-corrected chi connectivity index (χ2v) is 8.84. The molecule has 0 unspecified atom stereocenters. The summed E-state index contributed by atoms with van der Waals surface area (Å²) in [6.45, 7) is 0. The van der Waals surface area contributed by atoms with Crippen LogP contribution in [0.4, 0.5) is 14.5 Å². The summed E-state index contributed by atoms with van der Waals surface area (Å²) in [6, 6.07) is 11.6. The van der Waals surface area contributed by atoms with Crippen molar-refractivity contribution in [2.75, 3.05) is 26.1 Å². The van der Waals surface area contributed by atoms with Crippen molar-refractivity contribution < 1.29 is 36.1 Å². The molecule has 0 aliphatic carbocycles. The van der Waals surface area contributed by atoms with Gasteiger partial charge in [0.05, 0.1) is 31.9 Å². The summed E-state index contributed by atoms with van der Waals surface area (Å²) in [5, 5.41) is 0.555. The number of halogens is 2. The number of fused-ring (bicyclic) bond motifs is 1. The van der Waals surface area contributed by atoms with Gasteiger partial charge in [-0.05, 0) is 42.5 Å². The number of aromatic nitrogens is 1. The SMILES string of the molecule is COc1cc(S(=O)(=O)Nc2ccc(Oc3ccnc4c(OC)c(OC)ccc34)c(F)c2)ccc1F. The van der Waals surface area contributed by atoms with Crippen molar-refractivity contribution in [3.05, 3.63) is 72.4 Å². The highest BCUT2D eigenvalue weighted by Crippen LogP contribution is 2.39. The topological polar surface area (TPSA) is 96.0 Å². The number of rotatable bonds is 8. The Balaban J connectivity index is 1.61. The Hall–Kier alpha value is -4.12. The van der Waals surface area contributed by atoms with E-state index in [9.17, 15) is 17.2 Å². The zero-order valence-electron chi connectivity index (χ0n) is 18.8. The van der Waals surface area contributed by atoms with Crippen LogP contribution >= 0.6 is 0 Å². The Labute approximate surface area is 200 Å². The summed E-state index contributed by atoms with van der Waals surface area (Å²) >= 11 is 0. The number of methoxy groups -OCH3 is 3. The molecule has 4 rings (SSSR count). The molecule has 4 aromatic rings. The molecule has 8 nitrogen and oxygen atoms in total. The molecular weight excluding hydrogens is 482 g/mol. The summed E-state index contributed by atoms with van der Waals surface area (Å²) in [4.78, 5) is 4.05. The van der Waals surface area contributed by atoms with Gasteiger partial charge in [0.25, 0.3) is 10.0 Å². The highest BCUT2D eigenvalue weighted by molar-refractivity contribution is 7.92. The van der Waals surface area contributed by atoms with Crippen LogP contribution < -0.4 is 23.7 Å². The number of hydrogen-bond donors (Lipinski definition) is 1. The minimum Gasteiger partial charge on any atom is -0.494 e. The monoisotopic (exact) mass is 502 g/mol. The van der Waals surface area contributed by atoms with Crippen LogP contribution in [0.1, 0.15) is 0 Å². The number of anilines is 1. The summed E-state index contributed by atoms with van der Waals surface area (Å²) in [5.41, 5.74) is 0.410. The van der Waals surface area contributed by atoms with Crippen LogP contribution in [0.5, 0.6) is 28.7 Å². The molecule has 1 heterocycles. The maximum absolute atomic E-state index is 14.9.